The molecular weight excluding hydrogens is 334 g/mol. The lowest BCUT2D eigenvalue weighted by Gasteiger charge is -2.13. The predicted molar refractivity (Wildman–Crippen MR) is 86.3 cm³/mol. The lowest BCUT2D eigenvalue weighted by molar-refractivity contribution is 0.410. The molecule has 0 saturated heterocycles. The molecular formula is C16H14F2N4OS. The summed E-state index contributed by atoms with van der Waals surface area (Å²) in [7, 11) is 1.56. The Morgan fingerprint density at radius 1 is 1.17 bits per heavy atom. The van der Waals surface area contributed by atoms with Crippen molar-refractivity contribution >= 4 is 11.8 Å². The van der Waals surface area contributed by atoms with Crippen molar-refractivity contribution in [3.63, 3.8) is 0 Å². The van der Waals surface area contributed by atoms with Crippen LogP contribution in [0.15, 0.2) is 47.6 Å². The fraction of sp³-hybridized carbons (Fsp3) is 0.188. The number of nitrogens with zero attached hydrogens (tertiary/aromatic N) is 4. The summed E-state index contributed by atoms with van der Waals surface area (Å²) in [4.78, 5) is 0. The highest BCUT2D eigenvalue weighted by atomic mass is 32.2. The van der Waals surface area contributed by atoms with Crippen molar-refractivity contribution in [3.8, 4) is 11.4 Å². The van der Waals surface area contributed by atoms with Gasteiger partial charge in [0.2, 0.25) is 5.16 Å². The van der Waals surface area contributed by atoms with Crippen LogP contribution in [0.3, 0.4) is 0 Å². The first-order valence-corrected chi connectivity index (χ1v) is 8.01. The molecule has 0 spiro atoms. The minimum Gasteiger partial charge on any atom is -0.494 e. The number of methoxy groups -OCH3 is 1. The van der Waals surface area contributed by atoms with Gasteiger partial charge < -0.3 is 4.74 Å². The smallest absolute Gasteiger partial charge is 0.214 e. The van der Waals surface area contributed by atoms with E-state index < -0.39 is 11.6 Å². The molecule has 0 fully saturated rings. The molecule has 3 rings (SSSR count). The van der Waals surface area contributed by atoms with Gasteiger partial charge in [0.05, 0.1) is 7.11 Å². The largest absolute Gasteiger partial charge is 0.494 e. The van der Waals surface area contributed by atoms with Crippen molar-refractivity contribution in [2.45, 2.75) is 17.3 Å². The third-order valence-corrected chi connectivity index (χ3v) is 4.51. The van der Waals surface area contributed by atoms with Gasteiger partial charge in [-0.1, -0.05) is 30.0 Å². The maximum absolute atomic E-state index is 13.9. The van der Waals surface area contributed by atoms with Crippen LogP contribution in [0.1, 0.15) is 17.7 Å². The number of aromatic nitrogens is 4. The van der Waals surface area contributed by atoms with Crippen LogP contribution in [0, 0.1) is 11.6 Å². The molecule has 8 heteroatoms. The monoisotopic (exact) mass is 348 g/mol. The van der Waals surface area contributed by atoms with Gasteiger partial charge in [0.25, 0.3) is 0 Å². The topological polar surface area (TPSA) is 52.8 Å². The van der Waals surface area contributed by atoms with E-state index in [-0.39, 0.29) is 5.25 Å². The lowest BCUT2D eigenvalue weighted by Crippen LogP contribution is -2.03. The first-order chi connectivity index (χ1) is 11.6. The Morgan fingerprint density at radius 3 is 2.71 bits per heavy atom. The van der Waals surface area contributed by atoms with Crippen molar-refractivity contribution in [2.24, 2.45) is 0 Å². The van der Waals surface area contributed by atoms with Gasteiger partial charge in [0.15, 0.2) is 0 Å². The molecule has 0 aliphatic rings. The fourth-order valence-corrected chi connectivity index (χ4v) is 3.21. The number of hydrogen-bond donors (Lipinski definition) is 0. The lowest BCUT2D eigenvalue weighted by atomic mass is 10.1. The molecule has 0 aliphatic heterocycles. The van der Waals surface area contributed by atoms with Crippen LogP contribution in [-0.4, -0.2) is 27.3 Å². The maximum Gasteiger partial charge on any atom is 0.214 e. The van der Waals surface area contributed by atoms with E-state index >= 15 is 0 Å². The van der Waals surface area contributed by atoms with Crippen LogP contribution in [0.25, 0.3) is 5.69 Å². The van der Waals surface area contributed by atoms with E-state index in [0.29, 0.717) is 22.2 Å². The molecule has 124 valence electrons. The van der Waals surface area contributed by atoms with E-state index in [2.05, 4.69) is 15.5 Å². The second-order valence-corrected chi connectivity index (χ2v) is 6.28. The summed E-state index contributed by atoms with van der Waals surface area (Å²) in [6, 6.07) is 10.8. The van der Waals surface area contributed by atoms with Crippen molar-refractivity contribution in [2.75, 3.05) is 7.11 Å². The Labute approximate surface area is 141 Å². The van der Waals surface area contributed by atoms with Crippen molar-refractivity contribution in [1.82, 2.24) is 20.2 Å². The average Bonchev–Trinajstić information content (AvgIpc) is 3.02. The molecule has 1 aromatic heterocycles. The van der Waals surface area contributed by atoms with Crippen LogP contribution >= 0.6 is 11.8 Å². The SMILES string of the molecule is COc1ccccc1-n1nnnc1S[C@H](C)c1ccc(F)cc1F. The Bertz CT molecular complexity index is 856. The maximum atomic E-state index is 13.9. The average molecular weight is 348 g/mol. The van der Waals surface area contributed by atoms with Gasteiger partial charge in [-0.15, -0.1) is 5.10 Å². The standard InChI is InChI=1S/C16H14F2N4OS/c1-10(12-8-7-11(17)9-13(12)18)24-16-19-20-21-22(16)14-5-3-4-6-15(14)23-2/h3-10H,1-2H3/t10-/m1/s1. The predicted octanol–water partition coefficient (Wildman–Crippen LogP) is 3.80. The van der Waals surface area contributed by atoms with Crippen LogP contribution in [0.4, 0.5) is 8.78 Å². The third-order valence-electron chi connectivity index (χ3n) is 3.44. The fourth-order valence-electron chi connectivity index (χ4n) is 2.26. The van der Waals surface area contributed by atoms with Gasteiger partial charge in [-0.05, 0) is 35.5 Å². The number of halogens is 2. The molecule has 5 nitrogen and oxygen atoms in total. The summed E-state index contributed by atoms with van der Waals surface area (Å²) in [5.41, 5.74) is 1.07. The number of ether oxygens (including phenoxy) is 1. The molecule has 0 unspecified atom stereocenters. The minimum atomic E-state index is -0.604. The number of tetrazole rings is 1. The normalized spacial score (nSPS) is 12.2. The molecule has 0 saturated carbocycles. The zero-order chi connectivity index (χ0) is 17.1. The first kappa shape index (κ1) is 16.4. The quantitative estimate of drug-likeness (QED) is 0.657. The zero-order valence-corrected chi connectivity index (χ0v) is 13.8. The Hall–Kier alpha value is -2.48. The molecule has 3 aromatic rings. The second-order valence-electron chi connectivity index (χ2n) is 4.97. The van der Waals surface area contributed by atoms with Gasteiger partial charge in [0, 0.05) is 16.9 Å². The number of thioether (sulfide) groups is 1. The summed E-state index contributed by atoms with van der Waals surface area (Å²) < 4.78 is 33.8. The molecule has 0 radical (unpaired) electrons. The Balaban J connectivity index is 1.91. The number of para-hydroxylation sites is 2. The van der Waals surface area contributed by atoms with Crippen molar-refractivity contribution < 1.29 is 13.5 Å². The number of hydrogen-bond acceptors (Lipinski definition) is 5. The Morgan fingerprint density at radius 2 is 1.96 bits per heavy atom. The van der Waals surface area contributed by atoms with E-state index in [1.54, 1.807) is 13.2 Å². The molecule has 24 heavy (non-hydrogen) atoms. The first-order valence-electron chi connectivity index (χ1n) is 7.13. The summed E-state index contributed by atoms with van der Waals surface area (Å²) in [5.74, 6) is -0.578. The highest BCUT2D eigenvalue weighted by Crippen LogP contribution is 2.36. The van der Waals surface area contributed by atoms with E-state index in [9.17, 15) is 8.78 Å². The number of benzene rings is 2. The van der Waals surface area contributed by atoms with Gasteiger partial charge in [-0.25, -0.2) is 8.78 Å². The van der Waals surface area contributed by atoms with Gasteiger partial charge in [-0.3, -0.25) is 0 Å². The summed E-state index contributed by atoms with van der Waals surface area (Å²) >= 11 is 1.27. The highest BCUT2D eigenvalue weighted by molar-refractivity contribution is 7.99. The highest BCUT2D eigenvalue weighted by Gasteiger charge is 2.19. The summed E-state index contributed by atoms with van der Waals surface area (Å²) in [6.45, 7) is 1.81. The molecule has 0 aliphatic carbocycles. The van der Waals surface area contributed by atoms with Gasteiger partial charge >= 0.3 is 0 Å². The molecule has 0 N–H and O–H groups in total. The number of rotatable bonds is 5. The molecule has 1 atom stereocenters. The molecule has 0 bridgehead atoms. The summed E-state index contributed by atoms with van der Waals surface area (Å²) in [5, 5.41) is 11.8. The van der Waals surface area contributed by atoms with E-state index in [4.69, 9.17) is 4.74 Å². The molecule has 0 amide bonds. The van der Waals surface area contributed by atoms with Crippen LogP contribution < -0.4 is 4.74 Å². The van der Waals surface area contributed by atoms with Crippen molar-refractivity contribution in [1.29, 1.82) is 0 Å². The van der Waals surface area contributed by atoms with Crippen LogP contribution in [-0.2, 0) is 0 Å². The minimum absolute atomic E-state index is 0.301. The van der Waals surface area contributed by atoms with E-state index in [0.717, 1.165) is 6.07 Å². The second kappa shape index (κ2) is 6.96. The molecule has 1 heterocycles. The Kier molecular flexibility index (Phi) is 4.75. The van der Waals surface area contributed by atoms with Gasteiger partial charge in [0.1, 0.15) is 23.1 Å². The van der Waals surface area contributed by atoms with Gasteiger partial charge in [-0.2, -0.15) is 4.68 Å². The van der Waals surface area contributed by atoms with E-state index in [1.165, 1.54) is 28.6 Å². The third kappa shape index (κ3) is 3.23. The van der Waals surface area contributed by atoms with E-state index in [1.807, 2.05) is 25.1 Å². The van der Waals surface area contributed by atoms with Crippen molar-refractivity contribution in [3.05, 3.63) is 59.7 Å². The summed E-state index contributed by atoms with van der Waals surface area (Å²) in [6.07, 6.45) is 0. The zero-order valence-electron chi connectivity index (χ0n) is 13.0. The van der Waals surface area contributed by atoms with Crippen LogP contribution in [0.5, 0.6) is 5.75 Å². The molecule has 2 aromatic carbocycles. The van der Waals surface area contributed by atoms with Crippen LogP contribution in [0.2, 0.25) is 0 Å².